The SMILES string of the molecule is CN(Cc1cc(N)cc(Br)c1)CC1CCCCC1. The molecule has 0 bridgehead atoms. The number of hydrogen-bond donors (Lipinski definition) is 1. The molecule has 2 rings (SSSR count). The van der Waals surface area contributed by atoms with Crippen LogP contribution in [-0.4, -0.2) is 18.5 Å². The van der Waals surface area contributed by atoms with Gasteiger partial charge in [-0.15, -0.1) is 0 Å². The average molecular weight is 311 g/mol. The van der Waals surface area contributed by atoms with E-state index in [1.165, 1.54) is 44.2 Å². The van der Waals surface area contributed by atoms with Gasteiger partial charge in [-0.25, -0.2) is 0 Å². The molecule has 0 radical (unpaired) electrons. The topological polar surface area (TPSA) is 29.3 Å². The van der Waals surface area contributed by atoms with Gasteiger partial charge in [0.1, 0.15) is 0 Å². The number of halogens is 1. The van der Waals surface area contributed by atoms with E-state index in [2.05, 4.69) is 40.0 Å². The molecule has 100 valence electrons. The second kappa shape index (κ2) is 6.58. The predicted octanol–water partition coefficient (Wildman–Crippen LogP) is 4.04. The number of anilines is 1. The van der Waals surface area contributed by atoms with Crippen molar-refractivity contribution in [2.45, 2.75) is 38.6 Å². The molecule has 18 heavy (non-hydrogen) atoms. The van der Waals surface area contributed by atoms with Crippen molar-refractivity contribution in [1.82, 2.24) is 4.90 Å². The molecule has 1 aliphatic rings. The molecular weight excluding hydrogens is 288 g/mol. The standard InChI is InChI=1S/C15H23BrN2/c1-18(10-12-5-3-2-4-6-12)11-13-7-14(16)9-15(17)8-13/h7-9,12H,2-6,10-11,17H2,1H3. The van der Waals surface area contributed by atoms with Crippen LogP contribution >= 0.6 is 15.9 Å². The minimum absolute atomic E-state index is 0.838. The normalized spacial score (nSPS) is 17.3. The van der Waals surface area contributed by atoms with Gasteiger partial charge in [-0.2, -0.15) is 0 Å². The Hall–Kier alpha value is -0.540. The van der Waals surface area contributed by atoms with Crippen LogP contribution < -0.4 is 5.73 Å². The highest BCUT2D eigenvalue weighted by Gasteiger charge is 2.15. The molecule has 0 aliphatic heterocycles. The Balaban J connectivity index is 1.87. The molecule has 0 heterocycles. The number of rotatable bonds is 4. The largest absolute Gasteiger partial charge is 0.399 e. The number of benzene rings is 1. The molecule has 0 amide bonds. The number of nitrogens with two attached hydrogens (primary N) is 1. The third kappa shape index (κ3) is 4.29. The lowest BCUT2D eigenvalue weighted by Crippen LogP contribution is -2.26. The lowest BCUT2D eigenvalue weighted by atomic mass is 9.89. The summed E-state index contributed by atoms with van der Waals surface area (Å²) < 4.78 is 1.07. The summed E-state index contributed by atoms with van der Waals surface area (Å²) in [5.41, 5.74) is 8.00. The van der Waals surface area contributed by atoms with Crippen LogP contribution in [0.2, 0.25) is 0 Å². The third-order valence-corrected chi connectivity index (χ3v) is 4.18. The third-order valence-electron chi connectivity index (χ3n) is 3.73. The van der Waals surface area contributed by atoms with E-state index in [9.17, 15) is 0 Å². The fourth-order valence-electron chi connectivity index (χ4n) is 2.95. The first kappa shape index (κ1) is 13.9. The molecule has 1 aromatic carbocycles. The van der Waals surface area contributed by atoms with Crippen LogP contribution in [0.1, 0.15) is 37.7 Å². The molecule has 3 heteroatoms. The maximum Gasteiger partial charge on any atom is 0.0328 e. The second-order valence-corrected chi connectivity index (χ2v) is 6.51. The van der Waals surface area contributed by atoms with Crippen LogP contribution in [0.25, 0.3) is 0 Å². The molecule has 0 saturated heterocycles. The summed E-state index contributed by atoms with van der Waals surface area (Å²) in [4.78, 5) is 2.43. The molecule has 0 spiro atoms. The lowest BCUT2D eigenvalue weighted by molar-refractivity contribution is 0.228. The molecule has 0 unspecified atom stereocenters. The highest BCUT2D eigenvalue weighted by atomic mass is 79.9. The maximum atomic E-state index is 5.87. The monoisotopic (exact) mass is 310 g/mol. The van der Waals surface area contributed by atoms with E-state index in [-0.39, 0.29) is 0 Å². The molecule has 0 aromatic heterocycles. The first-order valence-corrected chi connectivity index (χ1v) is 7.66. The summed E-state index contributed by atoms with van der Waals surface area (Å²) in [7, 11) is 2.21. The smallest absolute Gasteiger partial charge is 0.0328 e. The summed E-state index contributed by atoms with van der Waals surface area (Å²) in [5, 5.41) is 0. The van der Waals surface area contributed by atoms with Gasteiger partial charge in [-0.3, -0.25) is 0 Å². The van der Waals surface area contributed by atoms with Crippen LogP contribution in [0.3, 0.4) is 0 Å². The molecule has 2 nitrogen and oxygen atoms in total. The zero-order chi connectivity index (χ0) is 13.0. The van der Waals surface area contributed by atoms with E-state index in [1.807, 2.05) is 6.07 Å². The van der Waals surface area contributed by atoms with Crippen LogP contribution in [0, 0.1) is 5.92 Å². The van der Waals surface area contributed by atoms with Gasteiger partial charge in [-0.1, -0.05) is 35.2 Å². The quantitative estimate of drug-likeness (QED) is 0.850. The van der Waals surface area contributed by atoms with Crippen molar-refractivity contribution in [3.05, 3.63) is 28.2 Å². The first-order valence-electron chi connectivity index (χ1n) is 6.87. The fourth-order valence-corrected chi connectivity index (χ4v) is 3.51. The van der Waals surface area contributed by atoms with Gasteiger partial charge in [0.05, 0.1) is 0 Å². The lowest BCUT2D eigenvalue weighted by Gasteiger charge is -2.27. The summed E-state index contributed by atoms with van der Waals surface area (Å²) in [6.45, 7) is 2.20. The number of nitrogens with zero attached hydrogens (tertiary/aromatic N) is 1. The minimum Gasteiger partial charge on any atom is -0.399 e. The van der Waals surface area contributed by atoms with Crippen LogP contribution in [-0.2, 0) is 6.54 Å². The molecule has 1 saturated carbocycles. The van der Waals surface area contributed by atoms with Crippen molar-refractivity contribution in [1.29, 1.82) is 0 Å². The Labute approximate surface area is 119 Å². The summed E-state index contributed by atoms with van der Waals surface area (Å²) >= 11 is 3.50. The highest BCUT2D eigenvalue weighted by Crippen LogP contribution is 2.25. The second-order valence-electron chi connectivity index (χ2n) is 5.59. The summed E-state index contributed by atoms with van der Waals surface area (Å²) in [6.07, 6.45) is 7.09. The van der Waals surface area contributed by atoms with Crippen molar-refractivity contribution >= 4 is 21.6 Å². The van der Waals surface area contributed by atoms with Gasteiger partial charge in [0.25, 0.3) is 0 Å². The fraction of sp³-hybridized carbons (Fsp3) is 0.600. The average Bonchev–Trinajstić information content (AvgIpc) is 2.28. The van der Waals surface area contributed by atoms with E-state index in [0.717, 1.165) is 22.6 Å². The van der Waals surface area contributed by atoms with Crippen LogP contribution in [0.15, 0.2) is 22.7 Å². The minimum atomic E-state index is 0.838. The van der Waals surface area contributed by atoms with Crippen molar-refractivity contribution in [3.63, 3.8) is 0 Å². The van der Waals surface area contributed by atoms with Gasteiger partial charge in [0, 0.05) is 23.2 Å². The zero-order valence-electron chi connectivity index (χ0n) is 11.2. The van der Waals surface area contributed by atoms with Crippen molar-refractivity contribution in [2.24, 2.45) is 5.92 Å². The summed E-state index contributed by atoms with van der Waals surface area (Å²) in [6, 6.07) is 6.18. The molecule has 1 fully saturated rings. The predicted molar refractivity (Wildman–Crippen MR) is 81.5 cm³/mol. The van der Waals surface area contributed by atoms with Gasteiger partial charge in [0.2, 0.25) is 0 Å². The van der Waals surface area contributed by atoms with Gasteiger partial charge in [-0.05, 0) is 49.6 Å². The highest BCUT2D eigenvalue weighted by molar-refractivity contribution is 9.10. The Morgan fingerprint density at radius 1 is 1.22 bits per heavy atom. The Morgan fingerprint density at radius 2 is 1.94 bits per heavy atom. The van der Waals surface area contributed by atoms with Crippen molar-refractivity contribution < 1.29 is 0 Å². The number of hydrogen-bond acceptors (Lipinski definition) is 2. The number of nitrogen functional groups attached to an aromatic ring is 1. The van der Waals surface area contributed by atoms with E-state index < -0.39 is 0 Å². The van der Waals surface area contributed by atoms with Crippen LogP contribution in [0.4, 0.5) is 5.69 Å². The van der Waals surface area contributed by atoms with Crippen molar-refractivity contribution in [2.75, 3.05) is 19.3 Å². The molecular formula is C15H23BrN2. The molecule has 2 N–H and O–H groups in total. The van der Waals surface area contributed by atoms with Gasteiger partial charge >= 0.3 is 0 Å². The zero-order valence-corrected chi connectivity index (χ0v) is 12.7. The first-order chi connectivity index (χ1) is 8.63. The van der Waals surface area contributed by atoms with E-state index in [0.29, 0.717) is 0 Å². The molecule has 0 atom stereocenters. The van der Waals surface area contributed by atoms with Gasteiger partial charge in [0.15, 0.2) is 0 Å². The van der Waals surface area contributed by atoms with Gasteiger partial charge < -0.3 is 10.6 Å². The van der Waals surface area contributed by atoms with E-state index in [1.54, 1.807) is 0 Å². The van der Waals surface area contributed by atoms with Crippen molar-refractivity contribution in [3.8, 4) is 0 Å². The molecule has 1 aromatic rings. The van der Waals surface area contributed by atoms with E-state index in [4.69, 9.17) is 5.73 Å². The Kier molecular flexibility index (Phi) is 5.07. The summed E-state index contributed by atoms with van der Waals surface area (Å²) in [5.74, 6) is 0.897. The van der Waals surface area contributed by atoms with Crippen LogP contribution in [0.5, 0.6) is 0 Å². The maximum absolute atomic E-state index is 5.87. The Bertz CT molecular complexity index is 366. The Morgan fingerprint density at radius 3 is 2.61 bits per heavy atom. The van der Waals surface area contributed by atoms with E-state index >= 15 is 0 Å². The molecule has 1 aliphatic carbocycles.